The molecule has 0 rings (SSSR count). The summed E-state index contributed by atoms with van der Waals surface area (Å²) in [5.41, 5.74) is 0.190. The molecule has 0 heterocycles. The fourth-order valence-electron chi connectivity index (χ4n) is 1.75. The molecular weight excluding hydrogens is 234 g/mol. The minimum Gasteiger partial charge on any atom is -0.382 e. The number of thioether (sulfide) groups is 1. The number of hydrogen-bond acceptors (Lipinski definition) is 4. The third-order valence-corrected chi connectivity index (χ3v) is 3.13. The molecule has 0 aromatic carbocycles. The molecule has 0 amide bonds. The van der Waals surface area contributed by atoms with Crippen LogP contribution in [0.4, 0.5) is 0 Å². The zero-order valence-corrected chi connectivity index (χ0v) is 13.1. The predicted molar refractivity (Wildman–Crippen MR) is 77.0 cm³/mol. The molecule has 0 spiro atoms. The summed E-state index contributed by atoms with van der Waals surface area (Å²) in [5.74, 6) is 1.19. The van der Waals surface area contributed by atoms with Gasteiger partial charge in [-0.1, -0.05) is 13.8 Å². The van der Waals surface area contributed by atoms with Crippen molar-refractivity contribution < 1.29 is 9.47 Å². The summed E-state index contributed by atoms with van der Waals surface area (Å²) in [7, 11) is 3.89. The molecule has 0 N–H and O–H groups in total. The minimum absolute atomic E-state index is 0.177. The fourth-order valence-corrected chi connectivity index (χ4v) is 2.25. The molecule has 0 aliphatic heterocycles. The van der Waals surface area contributed by atoms with Gasteiger partial charge in [-0.2, -0.15) is 11.8 Å². The average Bonchev–Trinajstić information content (AvgIpc) is 2.24. The molecule has 0 aliphatic carbocycles. The molecule has 4 heteroatoms. The highest BCUT2D eigenvalue weighted by molar-refractivity contribution is 7.98. The molecule has 0 radical (unpaired) electrons. The van der Waals surface area contributed by atoms with Crippen LogP contribution in [0.1, 0.15) is 20.8 Å². The van der Waals surface area contributed by atoms with Gasteiger partial charge in [0.1, 0.15) is 0 Å². The largest absolute Gasteiger partial charge is 0.382 e. The van der Waals surface area contributed by atoms with Crippen LogP contribution in [0.25, 0.3) is 0 Å². The van der Waals surface area contributed by atoms with E-state index >= 15 is 0 Å². The molecule has 104 valence electrons. The van der Waals surface area contributed by atoms with E-state index in [1.165, 1.54) is 5.75 Å². The lowest BCUT2D eigenvalue weighted by Crippen LogP contribution is -2.37. The second-order valence-corrected chi connectivity index (χ2v) is 6.46. The van der Waals surface area contributed by atoms with Crippen molar-refractivity contribution in [1.29, 1.82) is 0 Å². The summed E-state index contributed by atoms with van der Waals surface area (Å²) in [6.07, 6.45) is 2.32. The first-order valence-electron chi connectivity index (χ1n) is 6.19. The number of nitrogens with zero attached hydrogens (tertiary/aromatic N) is 1. The lowest BCUT2D eigenvalue weighted by Gasteiger charge is -2.31. The first-order valence-corrected chi connectivity index (χ1v) is 7.58. The summed E-state index contributed by atoms with van der Waals surface area (Å²) in [5, 5.41) is 0. The normalized spacial score (nSPS) is 14.3. The molecule has 0 saturated carbocycles. The lowest BCUT2D eigenvalue weighted by molar-refractivity contribution is -0.0310. The third-order valence-electron chi connectivity index (χ3n) is 2.54. The van der Waals surface area contributed by atoms with Crippen LogP contribution in [0.15, 0.2) is 0 Å². The molecule has 0 aliphatic rings. The van der Waals surface area contributed by atoms with Gasteiger partial charge in [-0.15, -0.1) is 0 Å². The topological polar surface area (TPSA) is 21.7 Å². The molecule has 0 bridgehead atoms. The maximum absolute atomic E-state index is 5.80. The molecule has 0 fully saturated rings. The highest BCUT2D eigenvalue weighted by Gasteiger charge is 2.21. The smallest absolute Gasteiger partial charge is 0.0780 e. The standard InChI is InChI=1S/C13H29NO2S/c1-12(9-15-5)16-11-13(2,3)10-14(4)7-8-17-6/h12H,7-11H2,1-6H3. The quantitative estimate of drug-likeness (QED) is 0.603. The van der Waals surface area contributed by atoms with Crippen LogP contribution in [0.2, 0.25) is 0 Å². The van der Waals surface area contributed by atoms with E-state index < -0.39 is 0 Å². The van der Waals surface area contributed by atoms with Crippen molar-refractivity contribution in [3.8, 4) is 0 Å². The second-order valence-electron chi connectivity index (χ2n) is 5.47. The first kappa shape index (κ1) is 17.2. The van der Waals surface area contributed by atoms with E-state index in [0.29, 0.717) is 6.61 Å². The van der Waals surface area contributed by atoms with Gasteiger partial charge in [-0.05, 0) is 20.2 Å². The van der Waals surface area contributed by atoms with Crippen molar-refractivity contribution in [1.82, 2.24) is 4.90 Å². The Morgan fingerprint density at radius 2 is 2.00 bits per heavy atom. The van der Waals surface area contributed by atoms with Gasteiger partial charge < -0.3 is 14.4 Å². The molecule has 17 heavy (non-hydrogen) atoms. The Bertz CT molecular complexity index is 188. The van der Waals surface area contributed by atoms with E-state index in [9.17, 15) is 0 Å². The Hall–Kier alpha value is 0.230. The van der Waals surface area contributed by atoms with Gasteiger partial charge in [0.15, 0.2) is 0 Å². The first-order chi connectivity index (χ1) is 7.91. The van der Waals surface area contributed by atoms with Crippen molar-refractivity contribution in [2.75, 3.05) is 52.5 Å². The molecular formula is C13H29NO2S. The van der Waals surface area contributed by atoms with Gasteiger partial charge in [0.05, 0.1) is 19.3 Å². The van der Waals surface area contributed by atoms with Crippen LogP contribution in [-0.4, -0.2) is 63.5 Å². The lowest BCUT2D eigenvalue weighted by atomic mass is 9.94. The van der Waals surface area contributed by atoms with Crippen LogP contribution in [-0.2, 0) is 9.47 Å². The van der Waals surface area contributed by atoms with Crippen LogP contribution >= 0.6 is 11.8 Å². The Morgan fingerprint density at radius 3 is 2.53 bits per heavy atom. The molecule has 3 nitrogen and oxygen atoms in total. The number of ether oxygens (including phenoxy) is 2. The SMILES string of the molecule is COCC(C)OCC(C)(C)CN(C)CCSC. The van der Waals surface area contributed by atoms with E-state index in [2.05, 4.69) is 39.0 Å². The maximum atomic E-state index is 5.80. The Kier molecular flexibility index (Phi) is 9.32. The van der Waals surface area contributed by atoms with Crippen molar-refractivity contribution in [2.45, 2.75) is 26.9 Å². The minimum atomic E-state index is 0.177. The number of rotatable bonds is 10. The Balaban J connectivity index is 3.85. The summed E-state index contributed by atoms with van der Waals surface area (Å²) in [4.78, 5) is 2.38. The van der Waals surface area contributed by atoms with Crippen LogP contribution < -0.4 is 0 Å². The number of hydrogen-bond donors (Lipinski definition) is 0. The zero-order chi connectivity index (χ0) is 13.3. The monoisotopic (exact) mass is 263 g/mol. The number of methoxy groups -OCH3 is 1. The summed E-state index contributed by atoms with van der Waals surface area (Å²) in [6.45, 7) is 10.2. The highest BCUT2D eigenvalue weighted by atomic mass is 32.2. The van der Waals surface area contributed by atoms with Crippen LogP contribution in [0.5, 0.6) is 0 Å². The highest BCUT2D eigenvalue weighted by Crippen LogP contribution is 2.18. The Labute approximate surface area is 111 Å². The maximum Gasteiger partial charge on any atom is 0.0780 e. The van der Waals surface area contributed by atoms with Gasteiger partial charge >= 0.3 is 0 Å². The van der Waals surface area contributed by atoms with Crippen molar-refractivity contribution in [2.24, 2.45) is 5.41 Å². The summed E-state index contributed by atoms with van der Waals surface area (Å²) in [6, 6.07) is 0. The van der Waals surface area contributed by atoms with Gasteiger partial charge in [-0.25, -0.2) is 0 Å². The molecule has 0 aromatic heterocycles. The molecule has 1 atom stereocenters. The molecule has 0 aromatic rings. The van der Waals surface area contributed by atoms with E-state index in [0.717, 1.165) is 19.7 Å². The van der Waals surface area contributed by atoms with E-state index in [-0.39, 0.29) is 11.5 Å². The predicted octanol–water partition coefficient (Wildman–Crippen LogP) is 2.36. The van der Waals surface area contributed by atoms with Gasteiger partial charge in [0, 0.05) is 31.4 Å². The van der Waals surface area contributed by atoms with Crippen molar-refractivity contribution in [3.05, 3.63) is 0 Å². The average molecular weight is 263 g/mol. The van der Waals surface area contributed by atoms with Crippen molar-refractivity contribution in [3.63, 3.8) is 0 Å². The summed E-state index contributed by atoms with van der Waals surface area (Å²) >= 11 is 1.89. The van der Waals surface area contributed by atoms with E-state index in [1.54, 1.807) is 7.11 Å². The van der Waals surface area contributed by atoms with E-state index in [1.807, 2.05) is 11.8 Å². The van der Waals surface area contributed by atoms with Gasteiger partial charge in [0.2, 0.25) is 0 Å². The van der Waals surface area contributed by atoms with Crippen LogP contribution in [0.3, 0.4) is 0 Å². The van der Waals surface area contributed by atoms with Crippen molar-refractivity contribution >= 4 is 11.8 Å². The Morgan fingerprint density at radius 1 is 1.35 bits per heavy atom. The van der Waals surface area contributed by atoms with Gasteiger partial charge in [-0.3, -0.25) is 0 Å². The molecule has 1 unspecified atom stereocenters. The summed E-state index contributed by atoms with van der Waals surface area (Å²) < 4.78 is 10.9. The van der Waals surface area contributed by atoms with Gasteiger partial charge in [0.25, 0.3) is 0 Å². The van der Waals surface area contributed by atoms with Crippen LogP contribution in [0, 0.1) is 5.41 Å². The third kappa shape index (κ3) is 9.89. The van der Waals surface area contributed by atoms with E-state index in [4.69, 9.17) is 9.47 Å². The second kappa shape index (κ2) is 9.20. The molecule has 0 saturated heterocycles. The fraction of sp³-hybridized carbons (Fsp3) is 1.00. The zero-order valence-electron chi connectivity index (χ0n) is 12.3.